The fraction of sp³-hybridized carbons (Fsp3) is 0.333. The molecule has 0 spiro atoms. The smallest absolute Gasteiger partial charge is 0.129 e. The third kappa shape index (κ3) is 2.18. The zero-order valence-electron chi connectivity index (χ0n) is 7.22. The maximum absolute atomic E-state index is 13.2. The van der Waals surface area contributed by atoms with E-state index in [0.29, 0.717) is 10.6 Å². The number of hydrogen-bond donors (Lipinski definition) is 2. The number of aryl methyl sites for hydroxylation is 1. The summed E-state index contributed by atoms with van der Waals surface area (Å²) in [6.45, 7) is 1.48. The molecule has 0 aliphatic rings. The summed E-state index contributed by atoms with van der Waals surface area (Å²) in [6, 6.07) is 2.08. The van der Waals surface area contributed by atoms with Gasteiger partial charge in [-0.25, -0.2) is 4.39 Å². The Morgan fingerprint density at radius 2 is 2.23 bits per heavy atom. The van der Waals surface area contributed by atoms with E-state index in [2.05, 4.69) is 0 Å². The van der Waals surface area contributed by atoms with Crippen LogP contribution in [0.4, 0.5) is 4.39 Å². The first-order valence-electron chi connectivity index (χ1n) is 3.88. The minimum absolute atomic E-state index is 0.280. The van der Waals surface area contributed by atoms with Crippen LogP contribution in [0.25, 0.3) is 0 Å². The van der Waals surface area contributed by atoms with Crippen molar-refractivity contribution < 1.29 is 9.50 Å². The van der Waals surface area contributed by atoms with E-state index in [-0.39, 0.29) is 6.61 Å². The minimum atomic E-state index is -0.684. The number of hydrogen-bond acceptors (Lipinski definition) is 2. The van der Waals surface area contributed by atoms with Gasteiger partial charge in [0, 0.05) is 10.6 Å². The van der Waals surface area contributed by atoms with Gasteiger partial charge < -0.3 is 10.8 Å². The molecule has 4 heteroatoms. The molecule has 1 unspecified atom stereocenters. The van der Waals surface area contributed by atoms with Gasteiger partial charge >= 0.3 is 0 Å². The van der Waals surface area contributed by atoms with E-state index in [1.54, 1.807) is 13.0 Å². The monoisotopic (exact) mass is 203 g/mol. The van der Waals surface area contributed by atoms with Gasteiger partial charge in [0.1, 0.15) is 5.82 Å². The standard InChI is InChI=1S/C9H11ClFNO/c1-5-2-6(9(12)4-13)8(11)3-7(5)10/h2-3,9,13H,4,12H2,1H3. The Labute approximate surface area is 81.1 Å². The third-order valence-corrected chi connectivity index (χ3v) is 2.28. The molecule has 0 aromatic heterocycles. The normalized spacial score (nSPS) is 13.0. The number of aliphatic hydroxyl groups is 1. The molecule has 0 radical (unpaired) electrons. The van der Waals surface area contributed by atoms with Crippen LogP contribution in [0.2, 0.25) is 5.02 Å². The first kappa shape index (κ1) is 10.4. The Morgan fingerprint density at radius 3 is 2.77 bits per heavy atom. The molecule has 2 nitrogen and oxygen atoms in total. The summed E-state index contributed by atoms with van der Waals surface area (Å²) in [5, 5.41) is 9.12. The van der Waals surface area contributed by atoms with Crippen molar-refractivity contribution in [1.82, 2.24) is 0 Å². The molecule has 0 fully saturated rings. The lowest BCUT2D eigenvalue weighted by molar-refractivity contribution is 0.265. The van der Waals surface area contributed by atoms with E-state index in [0.717, 1.165) is 5.56 Å². The third-order valence-electron chi connectivity index (χ3n) is 1.87. The quantitative estimate of drug-likeness (QED) is 0.770. The largest absolute Gasteiger partial charge is 0.394 e. The Hall–Kier alpha value is -0.640. The highest BCUT2D eigenvalue weighted by Gasteiger charge is 2.12. The molecule has 3 N–H and O–H groups in total. The molecule has 0 bridgehead atoms. The Balaban J connectivity index is 3.15. The Kier molecular flexibility index (Phi) is 3.25. The van der Waals surface area contributed by atoms with E-state index in [1.807, 2.05) is 0 Å². The average molecular weight is 204 g/mol. The first-order valence-corrected chi connectivity index (χ1v) is 4.26. The van der Waals surface area contributed by atoms with Crippen LogP contribution in [0.1, 0.15) is 17.2 Å². The molecule has 1 aromatic rings. The Bertz CT molecular complexity index is 317. The maximum Gasteiger partial charge on any atom is 0.129 e. The molecule has 1 atom stereocenters. The molecule has 1 rings (SSSR count). The highest BCUT2D eigenvalue weighted by Crippen LogP contribution is 2.23. The maximum atomic E-state index is 13.2. The molecule has 0 aliphatic heterocycles. The summed E-state index contributed by atoms with van der Waals surface area (Å²) < 4.78 is 13.2. The summed E-state index contributed by atoms with van der Waals surface area (Å²) >= 11 is 5.69. The SMILES string of the molecule is Cc1cc(C(N)CO)c(F)cc1Cl. The predicted molar refractivity (Wildman–Crippen MR) is 50.2 cm³/mol. The number of rotatable bonds is 2. The van der Waals surface area contributed by atoms with Gasteiger partial charge in [-0.15, -0.1) is 0 Å². The van der Waals surface area contributed by atoms with Gasteiger partial charge in [-0.1, -0.05) is 17.7 Å². The molecule has 1 aromatic carbocycles. The molecule has 0 heterocycles. The fourth-order valence-electron chi connectivity index (χ4n) is 1.06. The number of aliphatic hydroxyl groups excluding tert-OH is 1. The van der Waals surface area contributed by atoms with Crippen LogP contribution in [0.3, 0.4) is 0 Å². The van der Waals surface area contributed by atoms with E-state index < -0.39 is 11.9 Å². The molecular formula is C9H11ClFNO. The van der Waals surface area contributed by atoms with Crippen LogP contribution < -0.4 is 5.73 Å². The summed E-state index contributed by atoms with van der Waals surface area (Å²) in [5.41, 5.74) is 6.53. The van der Waals surface area contributed by atoms with Crippen LogP contribution in [-0.2, 0) is 0 Å². The first-order chi connectivity index (χ1) is 6.06. The molecule has 0 saturated carbocycles. The van der Waals surface area contributed by atoms with E-state index in [1.165, 1.54) is 6.07 Å². The lowest BCUT2D eigenvalue weighted by atomic mass is 10.1. The summed E-state index contributed by atoms with van der Waals surface area (Å²) in [4.78, 5) is 0. The minimum Gasteiger partial charge on any atom is -0.394 e. The number of halogens is 2. The van der Waals surface area contributed by atoms with Crippen LogP contribution in [0, 0.1) is 12.7 Å². The zero-order valence-corrected chi connectivity index (χ0v) is 7.98. The second-order valence-electron chi connectivity index (χ2n) is 2.91. The van der Waals surface area contributed by atoms with Crippen molar-refractivity contribution in [3.8, 4) is 0 Å². The second kappa shape index (κ2) is 4.05. The summed E-state index contributed by atoms with van der Waals surface area (Å²) in [5.74, 6) is -0.475. The van der Waals surface area contributed by atoms with Crippen molar-refractivity contribution in [2.45, 2.75) is 13.0 Å². The van der Waals surface area contributed by atoms with Crippen LogP contribution in [0.5, 0.6) is 0 Å². The van der Waals surface area contributed by atoms with Gasteiger partial charge in [0.15, 0.2) is 0 Å². The van der Waals surface area contributed by atoms with Crippen LogP contribution >= 0.6 is 11.6 Å². The van der Waals surface area contributed by atoms with Gasteiger partial charge in [0.05, 0.1) is 12.6 Å². The van der Waals surface area contributed by atoms with E-state index >= 15 is 0 Å². The lowest BCUT2D eigenvalue weighted by Crippen LogP contribution is -2.16. The highest BCUT2D eigenvalue weighted by molar-refractivity contribution is 6.31. The predicted octanol–water partition coefficient (Wildman–Crippen LogP) is 1.78. The van der Waals surface area contributed by atoms with Crippen molar-refractivity contribution in [2.24, 2.45) is 5.73 Å². The van der Waals surface area contributed by atoms with Crippen molar-refractivity contribution in [2.75, 3.05) is 6.61 Å². The van der Waals surface area contributed by atoms with Crippen LogP contribution in [0.15, 0.2) is 12.1 Å². The second-order valence-corrected chi connectivity index (χ2v) is 3.32. The number of benzene rings is 1. The summed E-state index contributed by atoms with van der Waals surface area (Å²) in [7, 11) is 0. The topological polar surface area (TPSA) is 46.2 Å². The molecule has 72 valence electrons. The van der Waals surface area contributed by atoms with Gasteiger partial charge in [0.25, 0.3) is 0 Å². The lowest BCUT2D eigenvalue weighted by Gasteiger charge is -2.11. The van der Waals surface area contributed by atoms with Crippen molar-refractivity contribution >= 4 is 11.6 Å². The van der Waals surface area contributed by atoms with Gasteiger partial charge in [-0.3, -0.25) is 0 Å². The molecule has 13 heavy (non-hydrogen) atoms. The highest BCUT2D eigenvalue weighted by atomic mass is 35.5. The molecule has 0 amide bonds. The van der Waals surface area contributed by atoms with Gasteiger partial charge in [-0.05, 0) is 18.6 Å². The molecule has 0 saturated heterocycles. The summed E-state index contributed by atoms with van der Waals surface area (Å²) in [6.07, 6.45) is 0. The van der Waals surface area contributed by atoms with Gasteiger partial charge in [0.2, 0.25) is 0 Å². The molecular weight excluding hydrogens is 193 g/mol. The zero-order chi connectivity index (χ0) is 10.0. The van der Waals surface area contributed by atoms with Crippen molar-refractivity contribution in [1.29, 1.82) is 0 Å². The van der Waals surface area contributed by atoms with Gasteiger partial charge in [-0.2, -0.15) is 0 Å². The number of nitrogens with two attached hydrogens (primary N) is 1. The average Bonchev–Trinajstić information content (AvgIpc) is 2.10. The van der Waals surface area contributed by atoms with Crippen molar-refractivity contribution in [3.63, 3.8) is 0 Å². The molecule has 0 aliphatic carbocycles. The van der Waals surface area contributed by atoms with Crippen molar-refractivity contribution in [3.05, 3.63) is 34.1 Å². The van der Waals surface area contributed by atoms with Crippen LogP contribution in [-0.4, -0.2) is 11.7 Å². The van der Waals surface area contributed by atoms with E-state index in [9.17, 15) is 4.39 Å². The van der Waals surface area contributed by atoms with E-state index in [4.69, 9.17) is 22.4 Å². The Morgan fingerprint density at radius 1 is 1.62 bits per heavy atom. The fourth-order valence-corrected chi connectivity index (χ4v) is 1.21.